The van der Waals surface area contributed by atoms with Gasteiger partial charge in [-0.15, -0.1) is 0 Å². The number of nitrogens with zero attached hydrogens (tertiary/aromatic N) is 2. The molecule has 0 saturated heterocycles. The van der Waals surface area contributed by atoms with Gasteiger partial charge in [0, 0.05) is 16.8 Å². The summed E-state index contributed by atoms with van der Waals surface area (Å²) in [4.78, 5) is 8.62. The Balaban J connectivity index is 3.16. The van der Waals surface area contributed by atoms with E-state index in [2.05, 4.69) is 30.7 Å². The van der Waals surface area contributed by atoms with E-state index in [9.17, 15) is 0 Å². The van der Waals surface area contributed by atoms with Gasteiger partial charge in [0.05, 0.1) is 6.54 Å². The number of aromatic nitrogens is 2. The van der Waals surface area contributed by atoms with Gasteiger partial charge in [-0.3, -0.25) is 0 Å². The standard InChI is InChI=1S/C10H17N3/c1-7-5-8(10(2,3)4)13-9(6-11)12-7/h5H,6,11H2,1-4H3. The molecule has 0 aromatic carbocycles. The van der Waals surface area contributed by atoms with Gasteiger partial charge in [0.15, 0.2) is 0 Å². The number of hydrogen-bond acceptors (Lipinski definition) is 3. The molecule has 0 bridgehead atoms. The minimum atomic E-state index is 0.0671. The molecule has 13 heavy (non-hydrogen) atoms. The second-order valence-corrected chi connectivity index (χ2v) is 4.26. The summed E-state index contributed by atoms with van der Waals surface area (Å²) >= 11 is 0. The lowest BCUT2D eigenvalue weighted by Crippen LogP contribution is -2.17. The van der Waals surface area contributed by atoms with E-state index in [1.165, 1.54) is 0 Å². The van der Waals surface area contributed by atoms with E-state index in [0.29, 0.717) is 6.54 Å². The number of hydrogen-bond donors (Lipinski definition) is 1. The molecular formula is C10H17N3. The second-order valence-electron chi connectivity index (χ2n) is 4.26. The topological polar surface area (TPSA) is 51.8 Å². The Morgan fingerprint density at radius 3 is 2.38 bits per heavy atom. The fourth-order valence-corrected chi connectivity index (χ4v) is 1.11. The lowest BCUT2D eigenvalue weighted by atomic mass is 9.91. The minimum Gasteiger partial charge on any atom is -0.324 e. The van der Waals surface area contributed by atoms with Crippen molar-refractivity contribution in [2.45, 2.75) is 39.7 Å². The van der Waals surface area contributed by atoms with Crippen molar-refractivity contribution in [3.05, 3.63) is 23.3 Å². The molecule has 0 spiro atoms. The predicted molar refractivity (Wildman–Crippen MR) is 53.4 cm³/mol. The third-order valence-electron chi connectivity index (χ3n) is 1.85. The van der Waals surface area contributed by atoms with E-state index >= 15 is 0 Å². The fraction of sp³-hybridized carbons (Fsp3) is 0.600. The first-order chi connectivity index (χ1) is 5.93. The molecule has 0 atom stereocenters. The van der Waals surface area contributed by atoms with Crippen molar-refractivity contribution in [3.63, 3.8) is 0 Å². The molecule has 0 amide bonds. The van der Waals surface area contributed by atoms with Crippen LogP contribution in [0.5, 0.6) is 0 Å². The second kappa shape index (κ2) is 3.42. The highest BCUT2D eigenvalue weighted by Gasteiger charge is 2.16. The first-order valence-electron chi connectivity index (χ1n) is 4.48. The highest BCUT2D eigenvalue weighted by Crippen LogP contribution is 2.20. The van der Waals surface area contributed by atoms with E-state index in [1.54, 1.807) is 0 Å². The molecule has 1 aromatic rings. The lowest BCUT2D eigenvalue weighted by Gasteiger charge is -2.18. The molecule has 0 unspecified atom stereocenters. The normalized spacial score (nSPS) is 11.8. The maximum Gasteiger partial charge on any atom is 0.142 e. The van der Waals surface area contributed by atoms with Crippen molar-refractivity contribution in [1.29, 1.82) is 0 Å². The SMILES string of the molecule is Cc1cc(C(C)(C)C)nc(CN)n1. The van der Waals surface area contributed by atoms with Crippen molar-refractivity contribution in [3.8, 4) is 0 Å². The largest absolute Gasteiger partial charge is 0.324 e. The van der Waals surface area contributed by atoms with Crippen LogP contribution in [0.2, 0.25) is 0 Å². The van der Waals surface area contributed by atoms with Crippen molar-refractivity contribution in [1.82, 2.24) is 9.97 Å². The maximum atomic E-state index is 5.51. The third-order valence-corrected chi connectivity index (χ3v) is 1.85. The summed E-state index contributed by atoms with van der Waals surface area (Å²) in [7, 11) is 0. The summed E-state index contributed by atoms with van der Waals surface area (Å²) in [5.74, 6) is 0.727. The zero-order valence-corrected chi connectivity index (χ0v) is 8.76. The molecule has 0 fully saturated rings. The predicted octanol–water partition coefficient (Wildman–Crippen LogP) is 1.54. The van der Waals surface area contributed by atoms with Crippen LogP contribution in [0.4, 0.5) is 0 Å². The van der Waals surface area contributed by atoms with E-state index in [1.807, 2.05) is 13.0 Å². The zero-order chi connectivity index (χ0) is 10.1. The summed E-state index contributed by atoms with van der Waals surface area (Å²) in [5, 5.41) is 0. The van der Waals surface area contributed by atoms with E-state index in [0.717, 1.165) is 17.2 Å². The monoisotopic (exact) mass is 179 g/mol. The van der Waals surface area contributed by atoms with Crippen molar-refractivity contribution in [2.24, 2.45) is 5.73 Å². The van der Waals surface area contributed by atoms with Crippen LogP contribution in [-0.2, 0) is 12.0 Å². The maximum absolute atomic E-state index is 5.51. The Hall–Kier alpha value is -0.960. The van der Waals surface area contributed by atoms with Crippen molar-refractivity contribution < 1.29 is 0 Å². The Labute approximate surface area is 79.4 Å². The van der Waals surface area contributed by atoms with Gasteiger partial charge >= 0.3 is 0 Å². The van der Waals surface area contributed by atoms with E-state index in [-0.39, 0.29) is 5.41 Å². The molecule has 0 aliphatic heterocycles. The molecule has 72 valence electrons. The molecule has 0 radical (unpaired) electrons. The average Bonchev–Trinajstić information content (AvgIpc) is 2.01. The quantitative estimate of drug-likeness (QED) is 0.711. The first kappa shape index (κ1) is 10.1. The number of aryl methyl sites for hydroxylation is 1. The van der Waals surface area contributed by atoms with Crippen LogP contribution in [0, 0.1) is 6.92 Å². The van der Waals surface area contributed by atoms with Gasteiger partial charge in [-0.25, -0.2) is 9.97 Å². The summed E-state index contributed by atoms with van der Waals surface area (Å²) in [6, 6.07) is 2.01. The van der Waals surface area contributed by atoms with Crippen LogP contribution in [0.3, 0.4) is 0 Å². The summed E-state index contributed by atoms with van der Waals surface area (Å²) in [6.45, 7) is 8.78. The van der Waals surface area contributed by atoms with E-state index in [4.69, 9.17) is 5.73 Å². The summed E-state index contributed by atoms with van der Waals surface area (Å²) in [5.41, 5.74) is 7.62. The molecule has 3 nitrogen and oxygen atoms in total. The van der Waals surface area contributed by atoms with Gasteiger partial charge in [-0.2, -0.15) is 0 Å². The minimum absolute atomic E-state index is 0.0671. The smallest absolute Gasteiger partial charge is 0.142 e. The zero-order valence-electron chi connectivity index (χ0n) is 8.76. The van der Waals surface area contributed by atoms with Crippen molar-refractivity contribution in [2.75, 3.05) is 0 Å². The van der Waals surface area contributed by atoms with Gasteiger partial charge in [0.2, 0.25) is 0 Å². The molecule has 3 heteroatoms. The molecule has 2 N–H and O–H groups in total. The molecule has 1 aromatic heterocycles. The van der Waals surface area contributed by atoms with Gasteiger partial charge in [-0.1, -0.05) is 20.8 Å². The Kier molecular flexibility index (Phi) is 2.66. The van der Waals surface area contributed by atoms with Gasteiger partial charge in [0.1, 0.15) is 5.82 Å². The van der Waals surface area contributed by atoms with Crippen LogP contribution < -0.4 is 5.73 Å². The first-order valence-corrected chi connectivity index (χ1v) is 4.48. The number of rotatable bonds is 1. The Bertz CT molecular complexity index is 300. The lowest BCUT2D eigenvalue weighted by molar-refractivity contribution is 0.560. The van der Waals surface area contributed by atoms with Gasteiger partial charge < -0.3 is 5.73 Å². The van der Waals surface area contributed by atoms with Crippen LogP contribution in [0.1, 0.15) is 38.0 Å². The van der Waals surface area contributed by atoms with Crippen LogP contribution in [0.15, 0.2) is 6.07 Å². The Morgan fingerprint density at radius 2 is 1.92 bits per heavy atom. The Morgan fingerprint density at radius 1 is 1.31 bits per heavy atom. The van der Waals surface area contributed by atoms with Gasteiger partial charge in [-0.05, 0) is 13.0 Å². The van der Waals surface area contributed by atoms with Crippen LogP contribution in [-0.4, -0.2) is 9.97 Å². The molecular weight excluding hydrogens is 162 g/mol. The molecule has 1 rings (SSSR count). The van der Waals surface area contributed by atoms with Crippen LogP contribution >= 0.6 is 0 Å². The highest BCUT2D eigenvalue weighted by molar-refractivity contribution is 5.17. The van der Waals surface area contributed by atoms with Crippen LogP contribution in [0.25, 0.3) is 0 Å². The molecule has 1 heterocycles. The molecule has 0 saturated carbocycles. The molecule has 0 aliphatic rings. The van der Waals surface area contributed by atoms with Gasteiger partial charge in [0.25, 0.3) is 0 Å². The third kappa shape index (κ3) is 2.49. The van der Waals surface area contributed by atoms with E-state index < -0.39 is 0 Å². The fourth-order valence-electron chi connectivity index (χ4n) is 1.11. The average molecular weight is 179 g/mol. The van der Waals surface area contributed by atoms with Crippen molar-refractivity contribution >= 4 is 0 Å². The number of nitrogens with two attached hydrogens (primary N) is 1. The highest BCUT2D eigenvalue weighted by atomic mass is 14.9. The molecule has 0 aliphatic carbocycles. The summed E-state index contributed by atoms with van der Waals surface area (Å²) in [6.07, 6.45) is 0. The summed E-state index contributed by atoms with van der Waals surface area (Å²) < 4.78 is 0.